The molecule has 0 spiro atoms. The standard InChI is InChI=1S/C15H26N6O8/c1-6(19-13(26)7(16)2-3-10(17)23)12(25)21-9(5-22)14(27)20-8(15(28)29)4-11(18)24/h6-9,22H,2-5,16H2,1H3,(H2,17,23)(H2,18,24)(H,19,26)(H,20,27)(H,21,25)(H,28,29). The van der Waals surface area contributed by atoms with Gasteiger partial charge < -0.3 is 43.4 Å². The van der Waals surface area contributed by atoms with Crippen molar-refractivity contribution in [3.8, 4) is 0 Å². The maximum absolute atomic E-state index is 12.1. The van der Waals surface area contributed by atoms with Gasteiger partial charge in [-0.2, -0.15) is 0 Å². The third-order valence-electron chi connectivity index (χ3n) is 3.63. The van der Waals surface area contributed by atoms with Crippen molar-refractivity contribution in [3.63, 3.8) is 0 Å². The minimum absolute atomic E-state index is 0.0341. The summed E-state index contributed by atoms with van der Waals surface area (Å²) in [5, 5.41) is 24.6. The van der Waals surface area contributed by atoms with Gasteiger partial charge in [0.05, 0.1) is 19.1 Å². The molecule has 11 N–H and O–H groups in total. The van der Waals surface area contributed by atoms with Crippen LogP contribution in [0.2, 0.25) is 0 Å². The zero-order valence-corrected chi connectivity index (χ0v) is 15.7. The normalized spacial score (nSPS) is 14.6. The van der Waals surface area contributed by atoms with Crippen LogP contribution in [-0.2, 0) is 28.8 Å². The summed E-state index contributed by atoms with van der Waals surface area (Å²) in [6.45, 7) is 0.382. The smallest absolute Gasteiger partial charge is 0.326 e. The average molecular weight is 418 g/mol. The number of carbonyl (C=O) groups is 6. The minimum Gasteiger partial charge on any atom is -0.480 e. The molecule has 0 bridgehead atoms. The van der Waals surface area contributed by atoms with Crippen molar-refractivity contribution in [1.29, 1.82) is 0 Å². The second kappa shape index (κ2) is 12.2. The van der Waals surface area contributed by atoms with Crippen molar-refractivity contribution in [3.05, 3.63) is 0 Å². The third kappa shape index (κ3) is 10.0. The van der Waals surface area contributed by atoms with Crippen LogP contribution in [-0.4, -0.2) is 76.5 Å². The molecule has 0 aromatic heterocycles. The van der Waals surface area contributed by atoms with E-state index < -0.39 is 72.7 Å². The van der Waals surface area contributed by atoms with Crippen molar-refractivity contribution >= 4 is 35.5 Å². The number of primary amides is 2. The van der Waals surface area contributed by atoms with Gasteiger partial charge >= 0.3 is 5.97 Å². The predicted octanol–water partition coefficient (Wildman–Crippen LogP) is -4.99. The van der Waals surface area contributed by atoms with Crippen LogP contribution in [0.25, 0.3) is 0 Å². The molecule has 14 nitrogen and oxygen atoms in total. The van der Waals surface area contributed by atoms with Crippen LogP contribution < -0.4 is 33.2 Å². The first kappa shape index (κ1) is 25.7. The Labute approximate surface area is 165 Å². The molecule has 0 aliphatic carbocycles. The number of aliphatic hydroxyl groups is 1. The van der Waals surface area contributed by atoms with Gasteiger partial charge in [0.15, 0.2) is 0 Å². The highest BCUT2D eigenvalue weighted by atomic mass is 16.4. The molecular formula is C15H26N6O8. The molecule has 0 heterocycles. The minimum atomic E-state index is -1.65. The fourth-order valence-corrected chi connectivity index (χ4v) is 1.98. The zero-order chi connectivity index (χ0) is 22.7. The van der Waals surface area contributed by atoms with E-state index in [2.05, 4.69) is 10.6 Å². The second-order valence-corrected chi connectivity index (χ2v) is 6.16. The summed E-state index contributed by atoms with van der Waals surface area (Å²) in [5.41, 5.74) is 15.4. The number of carboxylic acids is 1. The van der Waals surface area contributed by atoms with Crippen LogP contribution in [0.4, 0.5) is 0 Å². The van der Waals surface area contributed by atoms with Gasteiger partial charge in [0.25, 0.3) is 0 Å². The van der Waals surface area contributed by atoms with Gasteiger partial charge in [-0.1, -0.05) is 0 Å². The Kier molecular flexibility index (Phi) is 10.9. The summed E-state index contributed by atoms with van der Waals surface area (Å²) in [4.78, 5) is 68.6. The number of rotatable bonds is 13. The predicted molar refractivity (Wildman–Crippen MR) is 96.4 cm³/mol. The number of aliphatic hydroxyl groups excluding tert-OH is 1. The number of nitrogens with one attached hydrogen (secondary N) is 3. The molecule has 0 saturated carbocycles. The maximum atomic E-state index is 12.1. The zero-order valence-electron chi connectivity index (χ0n) is 15.7. The molecule has 0 aliphatic heterocycles. The van der Waals surface area contributed by atoms with Crippen LogP contribution >= 0.6 is 0 Å². The van der Waals surface area contributed by atoms with E-state index in [0.29, 0.717) is 0 Å². The summed E-state index contributed by atoms with van der Waals surface area (Å²) in [6, 6.07) is -5.48. The number of nitrogens with two attached hydrogens (primary N) is 3. The fraction of sp³-hybridized carbons (Fsp3) is 0.600. The van der Waals surface area contributed by atoms with Gasteiger partial charge in [-0.15, -0.1) is 0 Å². The van der Waals surface area contributed by atoms with Crippen LogP contribution in [0.5, 0.6) is 0 Å². The molecule has 5 amide bonds. The summed E-state index contributed by atoms with van der Waals surface area (Å²) < 4.78 is 0. The van der Waals surface area contributed by atoms with Crippen molar-refractivity contribution < 1.29 is 39.0 Å². The van der Waals surface area contributed by atoms with E-state index >= 15 is 0 Å². The Morgan fingerprint density at radius 3 is 1.86 bits per heavy atom. The molecule has 0 fully saturated rings. The molecule has 29 heavy (non-hydrogen) atoms. The highest BCUT2D eigenvalue weighted by molar-refractivity contribution is 5.94. The van der Waals surface area contributed by atoms with Crippen LogP contribution in [0.15, 0.2) is 0 Å². The molecule has 4 unspecified atom stereocenters. The van der Waals surface area contributed by atoms with Gasteiger partial charge in [0, 0.05) is 6.42 Å². The molecule has 0 aromatic carbocycles. The van der Waals surface area contributed by atoms with E-state index in [0.717, 1.165) is 0 Å². The third-order valence-corrected chi connectivity index (χ3v) is 3.63. The van der Waals surface area contributed by atoms with Gasteiger partial charge in [-0.25, -0.2) is 4.79 Å². The van der Waals surface area contributed by atoms with Gasteiger partial charge in [0.2, 0.25) is 29.5 Å². The SMILES string of the molecule is CC(NC(=O)C(N)CCC(N)=O)C(=O)NC(CO)C(=O)NC(CC(N)=O)C(=O)O. The summed E-state index contributed by atoms with van der Waals surface area (Å²) >= 11 is 0. The van der Waals surface area contributed by atoms with Crippen molar-refractivity contribution in [2.24, 2.45) is 17.2 Å². The molecule has 14 heteroatoms. The molecule has 164 valence electrons. The van der Waals surface area contributed by atoms with E-state index in [1.165, 1.54) is 6.92 Å². The van der Waals surface area contributed by atoms with E-state index in [1.54, 1.807) is 0 Å². The second-order valence-electron chi connectivity index (χ2n) is 6.16. The number of amides is 5. The number of aliphatic carboxylic acids is 1. The Hall–Kier alpha value is -3.26. The average Bonchev–Trinajstić information content (AvgIpc) is 2.62. The summed E-state index contributed by atoms with van der Waals surface area (Å²) in [5.74, 6) is -5.86. The molecule has 0 radical (unpaired) electrons. The Morgan fingerprint density at radius 1 is 0.862 bits per heavy atom. The lowest BCUT2D eigenvalue weighted by Gasteiger charge is -2.22. The van der Waals surface area contributed by atoms with Crippen LogP contribution in [0.1, 0.15) is 26.2 Å². The first-order valence-corrected chi connectivity index (χ1v) is 8.46. The summed E-state index contributed by atoms with van der Waals surface area (Å²) in [6.07, 6.45) is -0.853. The maximum Gasteiger partial charge on any atom is 0.326 e. The number of hydrogen-bond donors (Lipinski definition) is 8. The lowest BCUT2D eigenvalue weighted by Crippen LogP contribution is -2.57. The van der Waals surface area contributed by atoms with Gasteiger partial charge in [0.1, 0.15) is 18.1 Å². The molecular weight excluding hydrogens is 392 g/mol. The van der Waals surface area contributed by atoms with Gasteiger partial charge in [-0.05, 0) is 13.3 Å². The summed E-state index contributed by atoms with van der Waals surface area (Å²) in [7, 11) is 0. The van der Waals surface area contributed by atoms with E-state index in [1.807, 2.05) is 5.32 Å². The van der Waals surface area contributed by atoms with Crippen LogP contribution in [0.3, 0.4) is 0 Å². The first-order chi connectivity index (χ1) is 13.4. The van der Waals surface area contributed by atoms with E-state index in [9.17, 15) is 33.9 Å². The topological polar surface area (TPSA) is 257 Å². The molecule has 4 atom stereocenters. The quantitative estimate of drug-likeness (QED) is 0.142. The molecule has 0 aromatic rings. The highest BCUT2D eigenvalue weighted by Gasteiger charge is 2.29. The fourth-order valence-electron chi connectivity index (χ4n) is 1.98. The largest absolute Gasteiger partial charge is 0.480 e. The molecule has 0 aliphatic rings. The number of hydrogen-bond acceptors (Lipinski definition) is 8. The highest BCUT2D eigenvalue weighted by Crippen LogP contribution is 1.97. The van der Waals surface area contributed by atoms with Crippen molar-refractivity contribution in [2.75, 3.05) is 6.61 Å². The lowest BCUT2D eigenvalue weighted by atomic mass is 10.1. The number of carboxylic acid groups (broad SMARTS) is 1. The number of carbonyl (C=O) groups excluding carboxylic acids is 5. The first-order valence-electron chi connectivity index (χ1n) is 8.46. The Bertz CT molecular complexity index is 655. The Morgan fingerprint density at radius 2 is 1.41 bits per heavy atom. The molecule has 0 saturated heterocycles. The van der Waals surface area contributed by atoms with Crippen molar-refractivity contribution in [2.45, 2.75) is 50.4 Å². The van der Waals surface area contributed by atoms with E-state index in [4.69, 9.17) is 22.3 Å². The van der Waals surface area contributed by atoms with Crippen molar-refractivity contribution in [1.82, 2.24) is 16.0 Å². The van der Waals surface area contributed by atoms with Crippen LogP contribution in [0, 0.1) is 0 Å². The Balaban J connectivity index is 4.81. The lowest BCUT2D eigenvalue weighted by molar-refractivity contribution is -0.144. The monoisotopic (exact) mass is 418 g/mol. The van der Waals surface area contributed by atoms with E-state index in [-0.39, 0.29) is 12.8 Å². The molecule has 0 rings (SSSR count). The van der Waals surface area contributed by atoms with Gasteiger partial charge in [-0.3, -0.25) is 24.0 Å².